The standard InChI is InChI=1S/C24H20ClN3O4S2/c1-32-23(31)22-20(8-9-34-22)28-24(33)27-18(12-21(29)30)10-14-2-4-15(5-3-14)16-6-7-19(25)17(11-16)13-26/h2-9,11,18H,10,12H2,1H3,(H,29,30)(H2,27,28,33)/t18-/m0/s1. The maximum atomic E-state index is 11.9. The first-order chi connectivity index (χ1) is 16.3. The summed E-state index contributed by atoms with van der Waals surface area (Å²) in [5.74, 6) is -1.45. The molecular weight excluding hydrogens is 494 g/mol. The van der Waals surface area contributed by atoms with Crippen LogP contribution in [0.4, 0.5) is 5.69 Å². The smallest absolute Gasteiger partial charge is 0.350 e. The van der Waals surface area contributed by atoms with E-state index in [0.717, 1.165) is 16.7 Å². The number of nitriles is 1. The number of rotatable bonds is 8. The average molecular weight is 514 g/mol. The Balaban J connectivity index is 1.70. The summed E-state index contributed by atoms with van der Waals surface area (Å²) in [5, 5.41) is 26.8. The Morgan fingerprint density at radius 1 is 1.21 bits per heavy atom. The Kier molecular flexibility index (Phi) is 8.60. The molecule has 7 nitrogen and oxygen atoms in total. The van der Waals surface area contributed by atoms with E-state index in [1.165, 1.54) is 18.4 Å². The summed E-state index contributed by atoms with van der Waals surface area (Å²) >= 11 is 12.6. The molecule has 0 amide bonds. The molecule has 10 heteroatoms. The Morgan fingerprint density at radius 3 is 2.56 bits per heavy atom. The topological polar surface area (TPSA) is 111 Å². The summed E-state index contributed by atoms with van der Waals surface area (Å²) < 4.78 is 4.76. The molecule has 0 aliphatic heterocycles. The first kappa shape index (κ1) is 25.2. The number of aliphatic carboxylic acids is 1. The predicted octanol–water partition coefficient (Wildman–Crippen LogP) is 5.10. The number of hydrogen-bond donors (Lipinski definition) is 3. The van der Waals surface area contributed by atoms with E-state index in [2.05, 4.69) is 16.7 Å². The van der Waals surface area contributed by atoms with E-state index in [1.807, 2.05) is 30.3 Å². The van der Waals surface area contributed by atoms with Gasteiger partial charge in [0.05, 0.1) is 29.8 Å². The molecular formula is C24H20ClN3O4S2. The van der Waals surface area contributed by atoms with Gasteiger partial charge in [-0.2, -0.15) is 5.26 Å². The highest BCUT2D eigenvalue weighted by molar-refractivity contribution is 7.80. The number of carbonyl (C=O) groups excluding carboxylic acids is 1. The van der Waals surface area contributed by atoms with Gasteiger partial charge in [0.2, 0.25) is 0 Å². The maximum absolute atomic E-state index is 11.9. The molecule has 0 saturated carbocycles. The van der Waals surface area contributed by atoms with Gasteiger partial charge in [0.15, 0.2) is 5.11 Å². The number of hydrogen-bond acceptors (Lipinski definition) is 6. The zero-order chi connectivity index (χ0) is 24.7. The van der Waals surface area contributed by atoms with Gasteiger partial charge in [-0.3, -0.25) is 4.79 Å². The first-order valence-corrected chi connectivity index (χ1v) is 11.7. The fourth-order valence-electron chi connectivity index (χ4n) is 3.30. The number of anilines is 1. The van der Waals surface area contributed by atoms with Crippen LogP contribution in [-0.2, 0) is 16.0 Å². The molecule has 2 aromatic carbocycles. The molecule has 1 atom stereocenters. The molecule has 0 unspecified atom stereocenters. The highest BCUT2D eigenvalue weighted by Crippen LogP contribution is 2.26. The Labute approximate surface area is 210 Å². The van der Waals surface area contributed by atoms with Crippen molar-refractivity contribution in [1.82, 2.24) is 5.32 Å². The van der Waals surface area contributed by atoms with Crippen molar-refractivity contribution in [2.75, 3.05) is 12.4 Å². The molecule has 1 heterocycles. The van der Waals surface area contributed by atoms with Crippen LogP contribution in [0.25, 0.3) is 11.1 Å². The van der Waals surface area contributed by atoms with Crippen LogP contribution in [0, 0.1) is 11.3 Å². The second kappa shape index (κ2) is 11.6. The van der Waals surface area contributed by atoms with Gasteiger partial charge in [0.1, 0.15) is 10.9 Å². The lowest BCUT2D eigenvalue weighted by Gasteiger charge is -2.20. The van der Waals surface area contributed by atoms with Gasteiger partial charge < -0.3 is 20.5 Å². The molecule has 3 N–H and O–H groups in total. The molecule has 0 aliphatic carbocycles. The SMILES string of the molecule is COC(=O)c1sccc1NC(=S)N[C@H](CC(=O)O)Cc1ccc(-c2ccc(Cl)c(C#N)c2)cc1. The second-order valence-electron chi connectivity index (χ2n) is 7.26. The van der Waals surface area contributed by atoms with Gasteiger partial charge in [-0.15, -0.1) is 11.3 Å². The Morgan fingerprint density at radius 2 is 1.91 bits per heavy atom. The third-order valence-corrected chi connectivity index (χ3v) is 6.34. The molecule has 34 heavy (non-hydrogen) atoms. The minimum Gasteiger partial charge on any atom is -0.481 e. The number of esters is 1. The van der Waals surface area contributed by atoms with E-state index < -0.39 is 18.0 Å². The van der Waals surface area contributed by atoms with Crippen molar-refractivity contribution in [2.45, 2.75) is 18.9 Å². The Hall–Kier alpha value is -3.45. The summed E-state index contributed by atoms with van der Waals surface area (Å²) in [6, 6.07) is 16.1. The number of nitrogens with zero attached hydrogens (tertiary/aromatic N) is 1. The summed E-state index contributed by atoms with van der Waals surface area (Å²) in [6.45, 7) is 0. The number of ether oxygens (including phenoxy) is 1. The normalized spacial score (nSPS) is 11.2. The van der Waals surface area contributed by atoms with Gasteiger partial charge in [0, 0.05) is 6.04 Å². The summed E-state index contributed by atoms with van der Waals surface area (Å²) in [5.41, 5.74) is 3.56. The molecule has 3 rings (SSSR count). The van der Waals surface area contributed by atoms with E-state index in [1.54, 1.807) is 23.6 Å². The molecule has 0 radical (unpaired) electrons. The third-order valence-electron chi connectivity index (χ3n) is 4.90. The first-order valence-electron chi connectivity index (χ1n) is 10.0. The van der Waals surface area contributed by atoms with Crippen LogP contribution >= 0.6 is 35.2 Å². The van der Waals surface area contributed by atoms with Crippen molar-refractivity contribution < 1.29 is 19.4 Å². The van der Waals surface area contributed by atoms with Crippen LogP contribution in [0.1, 0.15) is 27.2 Å². The van der Waals surface area contributed by atoms with E-state index >= 15 is 0 Å². The molecule has 0 aliphatic rings. The fourth-order valence-corrected chi connectivity index (χ4v) is 4.50. The monoisotopic (exact) mass is 513 g/mol. The average Bonchev–Trinajstić information content (AvgIpc) is 3.27. The van der Waals surface area contributed by atoms with Crippen molar-refractivity contribution in [1.29, 1.82) is 5.26 Å². The summed E-state index contributed by atoms with van der Waals surface area (Å²) in [6.07, 6.45) is 0.256. The fraction of sp³-hybridized carbons (Fsp3) is 0.167. The zero-order valence-electron chi connectivity index (χ0n) is 18.0. The maximum Gasteiger partial charge on any atom is 0.350 e. The molecule has 0 saturated heterocycles. The zero-order valence-corrected chi connectivity index (χ0v) is 20.4. The number of nitrogens with one attached hydrogen (secondary N) is 2. The van der Waals surface area contributed by atoms with Gasteiger partial charge in [-0.1, -0.05) is 41.9 Å². The third kappa shape index (κ3) is 6.54. The number of thiophene rings is 1. The lowest BCUT2D eigenvalue weighted by Crippen LogP contribution is -2.40. The number of benzene rings is 2. The molecule has 0 bridgehead atoms. The summed E-state index contributed by atoms with van der Waals surface area (Å²) in [4.78, 5) is 23.6. The minimum absolute atomic E-state index is 0.153. The highest BCUT2D eigenvalue weighted by atomic mass is 35.5. The highest BCUT2D eigenvalue weighted by Gasteiger charge is 2.18. The van der Waals surface area contributed by atoms with Gasteiger partial charge in [0.25, 0.3) is 0 Å². The predicted molar refractivity (Wildman–Crippen MR) is 136 cm³/mol. The van der Waals surface area contributed by atoms with Gasteiger partial charge in [-0.25, -0.2) is 4.79 Å². The van der Waals surface area contributed by atoms with Gasteiger partial charge >= 0.3 is 11.9 Å². The molecule has 3 aromatic rings. The van der Waals surface area contributed by atoms with Crippen LogP contribution in [0.2, 0.25) is 5.02 Å². The van der Waals surface area contributed by atoms with Crippen molar-refractivity contribution >= 4 is 57.9 Å². The number of carboxylic acids is 1. The number of halogens is 1. The molecule has 1 aromatic heterocycles. The van der Waals surface area contributed by atoms with Crippen molar-refractivity contribution in [3.05, 3.63) is 74.9 Å². The quantitative estimate of drug-likeness (QED) is 0.282. The number of carboxylic acid groups (broad SMARTS) is 1. The van der Waals surface area contributed by atoms with E-state index in [4.69, 9.17) is 28.6 Å². The lowest BCUT2D eigenvalue weighted by molar-refractivity contribution is -0.137. The number of carbonyl (C=O) groups is 2. The molecule has 174 valence electrons. The van der Waals surface area contributed by atoms with Crippen LogP contribution in [0.3, 0.4) is 0 Å². The van der Waals surface area contributed by atoms with Crippen LogP contribution in [0.5, 0.6) is 0 Å². The lowest BCUT2D eigenvalue weighted by atomic mass is 9.98. The van der Waals surface area contributed by atoms with Crippen molar-refractivity contribution in [2.24, 2.45) is 0 Å². The second-order valence-corrected chi connectivity index (χ2v) is 8.99. The largest absolute Gasteiger partial charge is 0.481 e. The van der Waals surface area contributed by atoms with Crippen LogP contribution in [-0.4, -0.2) is 35.3 Å². The summed E-state index contributed by atoms with van der Waals surface area (Å²) in [7, 11) is 1.30. The molecule has 0 spiro atoms. The van der Waals surface area contributed by atoms with Crippen LogP contribution in [0.15, 0.2) is 53.9 Å². The van der Waals surface area contributed by atoms with E-state index in [9.17, 15) is 20.0 Å². The van der Waals surface area contributed by atoms with Gasteiger partial charge in [-0.05, 0) is 58.9 Å². The minimum atomic E-state index is -0.965. The van der Waals surface area contributed by atoms with E-state index in [0.29, 0.717) is 27.6 Å². The van der Waals surface area contributed by atoms with Crippen LogP contribution < -0.4 is 10.6 Å². The van der Waals surface area contributed by atoms with Crippen molar-refractivity contribution in [3.8, 4) is 17.2 Å². The number of methoxy groups -OCH3 is 1. The van der Waals surface area contributed by atoms with E-state index in [-0.39, 0.29) is 11.5 Å². The Bertz CT molecular complexity index is 1250. The van der Waals surface area contributed by atoms with Crippen molar-refractivity contribution in [3.63, 3.8) is 0 Å². The number of thiocarbonyl (C=S) groups is 1. The molecule has 0 fully saturated rings.